The van der Waals surface area contributed by atoms with E-state index in [4.69, 9.17) is 0 Å². The summed E-state index contributed by atoms with van der Waals surface area (Å²) in [4.78, 5) is 19.6. The van der Waals surface area contributed by atoms with Crippen LogP contribution in [-0.4, -0.2) is 49.6 Å². The Morgan fingerprint density at radius 3 is 2.39 bits per heavy atom. The van der Waals surface area contributed by atoms with Gasteiger partial charge in [-0.05, 0) is 51.9 Å². The summed E-state index contributed by atoms with van der Waals surface area (Å²) < 4.78 is 0. The van der Waals surface area contributed by atoms with Crippen LogP contribution in [-0.2, 0) is 4.79 Å². The van der Waals surface area contributed by atoms with Crippen molar-refractivity contribution < 1.29 is 4.79 Å². The molecule has 1 fully saturated rings. The molecule has 1 aromatic rings. The SMILES string of the molecule is CC(C)N1CCN(C(=O)CCN2CCCCC2)c2ccccc21. The lowest BCUT2D eigenvalue weighted by Gasteiger charge is -2.40. The second-order valence-corrected chi connectivity index (χ2v) is 6.97. The summed E-state index contributed by atoms with van der Waals surface area (Å²) in [5.41, 5.74) is 2.27. The molecule has 0 radical (unpaired) electrons. The zero-order valence-corrected chi connectivity index (χ0v) is 14.5. The van der Waals surface area contributed by atoms with Gasteiger partial charge in [0.05, 0.1) is 11.4 Å². The predicted molar refractivity (Wildman–Crippen MR) is 96.2 cm³/mol. The number of piperidine rings is 1. The number of amides is 1. The van der Waals surface area contributed by atoms with Crippen LogP contribution in [0.2, 0.25) is 0 Å². The van der Waals surface area contributed by atoms with Crippen molar-refractivity contribution in [3.63, 3.8) is 0 Å². The van der Waals surface area contributed by atoms with E-state index in [1.807, 2.05) is 11.0 Å². The highest BCUT2D eigenvalue weighted by Crippen LogP contribution is 2.34. The van der Waals surface area contributed by atoms with E-state index >= 15 is 0 Å². The molecular weight excluding hydrogens is 286 g/mol. The highest BCUT2D eigenvalue weighted by molar-refractivity contribution is 5.98. The molecule has 0 saturated carbocycles. The minimum Gasteiger partial charge on any atom is -0.366 e. The summed E-state index contributed by atoms with van der Waals surface area (Å²) >= 11 is 0. The Labute approximate surface area is 140 Å². The largest absolute Gasteiger partial charge is 0.366 e. The molecule has 126 valence electrons. The van der Waals surface area contributed by atoms with E-state index in [-0.39, 0.29) is 5.91 Å². The summed E-state index contributed by atoms with van der Waals surface area (Å²) in [6.45, 7) is 9.37. The van der Waals surface area contributed by atoms with E-state index in [1.54, 1.807) is 0 Å². The number of hydrogen-bond donors (Lipinski definition) is 0. The van der Waals surface area contributed by atoms with Crippen LogP contribution >= 0.6 is 0 Å². The lowest BCUT2D eigenvalue weighted by atomic mass is 10.1. The molecule has 0 atom stereocenters. The number of benzene rings is 1. The standard InChI is InChI=1S/C19H29N3O/c1-16(2)21-14-15-22(18-9-5-4-8-17(18)21)19(23)10-13-20-11-6-3-7-12-20/h4-5,8-9,16H,3,6-7,10-15H2,1-2H3. The first-order chi connectivity index (χ1) is 11.2. The maximum absolute atomic E-state index is 12.8. The zero-order valence-electron chi connectivity index (χ0n) is 14.5. The van der Waals surface area contributed by atoms with Crippen LogP contribution in [0.4, 0.5) is 11.4 Å². The van der Waals surface area contributed by atoms with Crippen LogP contribution in [0.15, 0.2) is 24.3 Å². The highest BCUT2D eigenvalue weighted by Gasteiger charge is 2.27. The summed E-state index contributed by atoms with van der Waals surface area (Å²) in [5.74, 6) is 0.270. The maximum Gasteiger partial charge on any atom is 0.228 e. The molecule has 1 aromatic carbocycles. The molecule has 2 heterocycles. The third-order valence-corrected chi connectivity index (χ3v) is 5.06. The van der Waals surface area contributed by atoms with Gasteiger partial charge in [-0.2, -0.15) is 0 Å². The number of likely N-dealkylation sites (tertiary alicyclic amines) is 1. The molecule has 4 heteroatoms. The molecule has 2 aliphatic rings. The number of nitrogens with zero attached hydrogens (tertiary/aromatic N) is 3. The number of para-hydroxylation sites is 2. The monoisotopic (exact) mass is 315 g/mol. The Balaban J connectivity index is 1.67. The van der Waals surface area contributed by atoms with Crippen LogP contribution in [0.5, 0.6) is 0 Å². The van der Waals surface area contributed by atoms with Gasteiger partial charge in [-0.1, -0.05) is 18.6 Å². The predicted octanol–water partition coefficient (Wildman–Crippen LogP) is 3.12. The van der Waals surface area contributed by atoms with Crippen molar-refractivity contribution in [2.24, 2.45) is 0 Å². The van der Waals surface area contributed by atoms with Crippen molar-refractivity contribution in [1.82, 2.24) is 4.90 Å². The van der Waals surface area contributed by atoms with Crippen molar-refractivity contribution >= 4 is 17.3 Å². The Morgan fingerprint density at radius 2 is 1.70 bits per heavy atom. The van der Waals surface area contributed by atoms with Crippen LogP contribution in [0.1, 0.15) is 39.5 Å². The molecule has 0 spiro atoms. The molecule has 4 nitrogen and oxygen atoms in total. The van der Waals surface area contributed by atoms with Gasteiger partial charge in [-0.15, -0.1) is 0 Å². The fourth-order valence-corrected chi connectivity index (χ4v) is 3.75. The first-order valence-electron chi connectivity index (χ1n) is 9.05. The van der Waals surface area contributed by atoms with Crippen molar-refractivity contribution in [3.8, 4) is 0 Å². The number of carbonyl (C=O) groups is 1. The minimum atomic E-state index is 0.270. The van der Waals surface area contributed by atoms with Gasteiger partial charge in [-0.25, -0.2) is 0 Å². The maximum atomic E-state index is 12.8. The van der Waals surface area contributed by atoms with Gasteiger partial charge in [0.2, 0.25) is 5.91 Å². The van der Waals surface area contributed by atoms with Crippen LogP contribution in [0.25, 0.3) is 0 Å². The average molecular weight is 315 g/mol. The minimum absolute atomic E-state index is 0.270. The molecular formula is C19H29N3O. The molecule has 0 aliphatic carbocycles. The fraction of sp³-hybridized carbons (Fsp3) is 0.632. The Hall–Kier alpha value is -1.55. The summed E-state index contributed by atoms with van der Waals surface area (Å²) in [6.07, 6.45) is 4.54. The van der Waals surface area contributed by atoms with Crippen molar-refractivity contribution in [2.75, 3.05) is 42.5 Å². The first kappa shape index (κ1) is 16.3. The van der Waals surface area contributed by atoms with E-state index < -0.39 is 0 Å². The van der Waals surface area contributed by atoms with Gasteiger partial charge in [0.1, 0.15) is 0 Å². The third kappa shape index (κ3) is 3.69. The molecule has 1 amide bonds. The fourth-order valence-electron chi connectivity index (χ4n) is 3.75. The number of rotatable bonds is 4. The quantitative estimate of drug-likeness (QED) is 0.854. The van der Waals surface area contributed by atoms with E-state index in [0.29, 0.717) is 12.5 Å². The van der Waals surface area contributed by atoms with Crippen molar-refractivity contribution in [1.29, 1.82) is 0 Å². The van der Waals surface area contributed by atoms with Gasteiger partial charge < -0.3 is 14.7 Å². The van der Waals surface area contributed by atoms with E-state index in [0.717, 1.165) is 38.4 Å². The second kappa shape index (κ2) is 7.35. The molecule has 0 aromatic heterocycles. The topological polar surface area (TPSA) is 26.8 Å². The lowest BCUT2D eigenvalue weighted by Crippen LogP contribution is -2.47. The molecule has 3 rings (SSSR count). The van der Waals surface area contributed by atoms with E-state index in [9.17, 15) is 4.79 Å². The van der Waals surface area contributed by atoms with E-state index in [2.05, 4.69) is 41.8 Å². The molecule has 0 bridgehead atoms. The smallest absolute Gasteiger partial charge is 0.228 e. The third-order valence-electron chi connectivity index (χ3n) is 5.06. The molecule has 1 saturated heterocycles. The van der Waals surface area contributed by atoms with Crippen molar-refractivity contribution in [2.45, 2.75) is 45.6 Å². The van der Waals surface area contributed by atoms with Crippen LogP contribution < -0.4 is 9.80 Å². The molecule has 2 aliphatic heterocycles. The summed E-state index contributed by atoms with van der Waals surface area (Å²) in [5, 5.41) is 0. The Bertz CT molecular complexity index is 537. The number of hydrogen-bond acceptors (Lipinski definition) is 3. The van der Waals surface area contributed by atoms with Gasteiger partial charge in [0.15, 0.2) is 0 Å². The summed E-state index contributed by atoms with van der Waals surface area (Å²) in [6, 6.07) is 8.78. The normalized spacial score (nSPS) is 19.1. The van der Waals surface area contributed by atoms with Crippen LogP contribution in [0.3, 0.4) is 0 Å². The van der Waals surface area contributed by atoms with Gasteiger partial charge in [0, 0.05) is 32.1 Å². The van der Waals surface area contributed by atoms with Crippen molar-refractivity contribution in [3.05, 3.63) is 24.3 Å². The molecule has 23 heavy (non-hydrogen) atoms. The second-order valence-electron chi connectivity index (χ2n) is 6.97. The lowest BCUT2D eigenvalue weighted by molar-refractivity contribution is -0.119. The first-order valence-corrected chi connectivity index (χ1v) is 9.05. The number of fused-ring (bicyclic) bond motifs is 1. The van der Waals surface area contributed by atoms with Gasteiger partial charge >= 0.3 is 0 Å². The van der Waals surface area contributed by atoms with Gasteiger partial charge in [0.25, 0.3) is 0 Å². The number of anilines is 2. The zero-order chi connectivity index (χ0) is 16.2. The molecule has 0 N–H and O–H groups in total. The summed E-state index contributed by atoms with van der Waals surface area (Å²) in [7, 11) is 0. The molecule has 0 unspecified atom stereocenters. The average Bonchev–Trinajstić information content (AvgIpc) is 2.59. The van der Waals surface area contributed by atoms with E-state index in [1.165, 1.54) is 24.9 Å². The Kier molecular flexibility index (Phi) is 5.21. The highest BCUT2D eigenvalue weighted by atomic mass is 16.2. The number of carbonyl (C=O) groups excluding carboxylic acids is 1. The Morgan fingerprint density at radius 1 is 1.00 bits per heavy atom. The van der Waals surface area contributed by atoms with Gasteiger partial charge in [-0.3, -0.25) is 4.79 Å². The van der Waals surface area contributed by atoms with Crippen LogP contribution in [0, 0.1) is 0 Å².